The summed E-state index contributed by atoms with van der Waals surface area (Å²) in [5.74, 6) is -0.759. The molecule has 10 heteroatoms. The van der Waals surface area contributed by atoms with Crippen molar-refractivity contribution in [2.45, 2.75) is 20.1 Å². The third kappa shape index (κ3) is 3.80. The SMILES string of the molecule is [2H]c1c([2H])c([2H])c(-c2[nH+]c(N)n3c(=O)n(Cc4ccc(F)cn4)nc3c2-c2cc(C)nc(CO)c2)c([2H])c1[2H]. The number of aryl methyl sites for hydroxylation is 1. The Labute approximate surface area is 200 Å². The molecule has 0 unspecified atom stereocenters. The predicted molar refractivity (Wildman–Crippen MR) is 123 cm³/mol. The minimum absolute atomic E-state index is 0.00895. The number of benzene rings is 1. The molecule has 1 aromatic carbocycles. The summed E-state index contributed by atoms with van der Waals surface area (Å²) in [7, 11) is 0. The van der Waals surface area contributed by atoms with Crippen LogP contribution in [0.2, 0.25) is 0 Å². The first-order chi connectivity index (χ1) is 18.5. The van der Waals surface area contributed by atoms with E-state index in [0.717, 1.165) is 15.3 Å². The average molecular weight is 464 g/mol. The number of aliphatic hydroxyl groups excluding tert-OH is 1. The van der Waals surface area contributed by atoms with Crippen LogP contribution in [0, 0.1) is 12.7 Å². The quantitative estimate of drug-likeness (QED) is 0.411. The van der Waals surface area contributed by atoms with E-state index in [1.807, 2.05) is 0 Å². The Hall–Kier alpha value is -4.44. The maximum atomic E-state index is 13.4. The Morgan fingerprint density at radius 2 is 1.97 bits per heavy atom. The van der Waals surface area contributed by atoms with Gasteiger partial charge in [0.2, 0.25) is 5.65 Å². The smallest absolute Gasteiger partial charge is 0.390 e. The number of aliphatic hydroxyl groups is 1. The minimum Gasteiger partial charge on any atom is -0.390 e. The zero-order chi connectivity index (χ0) is 28.2. The molecule has 0 bridgehead atoms. The fourth-order valence-electron chi connectivity index (χ4n) is 3.70. The molecule has 0 aliphatic rings. The number of nitrogens with zero attached hydrogens (tertiary/aromatic N) is 5. The lowest BCUT2D eigenvalue weighted by atomic mass is 9.99. The van der Waals surface area contributed by atoms with Crippen molar-refractivity contribution in [2.24, 2.45) is 0 Å². The van der Waals surface area contributed by atoms with Gasteiger partial charge in [-0.1, -0.05) is 30.2 Å². The van der Waals surface area contributed by atoms with Crippen LogP contribution in [-0.2, 0) is 13.2 Å². The maximum Gasteiger partial charge on any atom is 0.411 e. The molecule has 0 saturated carbocycles. The van der Waals surface area contributed by atoms with Crippen molar-refractivity contribution >= 4 is 11.6 Å². The van der Waals surface area contributed by atoms with Gasteiger partial charge < -0.3 is 5.11 Å². The fraction of sp³-hybridized carbons (Fsp3) is 0.125. The van der Waals surface area contributed by atoms with E-state index in [1.54, 1.807) is 13.0 Å². The lowest BCUT2D eigenvalue weighted by molar-refractivity contribution is -0.351. The van der Waals surface area contributed by atoms with E-state index in [0.29, 0.717) is 22.6 Å². The Bertz CT molecular complexity index is 1810. The molecule has 0 fully saturated rings. The van der Waals surface area contributed by atoms with Crippen LogP contribution >= 0.6 is 0 Å². The molecule has 4 aromatic heterocycles. The van der Waals surface area contributed by atoms with Crippen LogP contribution < -0.4 is 16.4 Å². The van der Waals surface area contributed by atoms with E-state index in [9.17, 15) is 14.3 Å². The number of aromatic nitrogens is 6. The van der Waals surface area contributed by atoms with E-state index in [-0.39, 0.29) is 35.0 Å². The molecule has 0 atom stereocenters. The molecule has 5 rings (SSSR count). The zero-order valence-electron chi connectivity index (χ0n) is 22.8. The van der Waals surface area contributed by atoms with Crippen molar-refractivity contribution in [2.75, 3.05) is 5.73 Å². The van der Waals surface area contributed by atoms with Crippen LogP contribution in [0.1, 0.15) is 23.9 Å². The van der Waals surface area contributed by atoms with Gasteiger partial charge in [0.05, 0.1) is 43.2 Å². The molecule has 0 saturated heterocycles. The number of rotatable bonds is 5. The monoisotopic (exact) mass is 463 g/mol. The molecule has 0 aliphatic carbocycles. The molecule has 0 aliphatic heterocycles. The van der Waals surface area contributed by atoms with Crippen LogP contribution in [0.5, 0.6) is 0 Å². The van der Waals surface area contributed by atoms with Crippen LogP contribution in [0.25, 0.3) is 28.0 Å². The zero-order valence-corrected chi connectivity index (χ0v) is 17.8. The van der Waals surface area contributed by atoms with Crippen LogP contribution in [0.3, 0.4) is 0 Å². The third-order valence-electron chi connectivity index (χ3n) is 5.11. The van der Waals surface area contributed by atoms with E-state index < -0.39 is 48.3 Å². The summed E-state index contributed by atoms with van der Waals surface area (Å²) in [6.07, 6.45) is 1.01. The summed E-state index contributed by atoms with van der Waals surface area (Å²) < 4.78 is 56.8. The van der Waals surface area contributed by atoms with E-state index in [4.69, 9.17) is 12.6 Å². The van der Waals surface area contributed by atoms with Gasteiger partial charge in [-0.3, -0.25) is 15.7 Å². The highest BCUT2D eigenvalue weighted by atomic mass is 19.1. The van der Waals surface area contributed by atoms with E-state index in [1.165, 1.54) is 18.2 Å². The minimum atomic E-state index is -0.660. The van der Waals surface area contributed by atoms with Gasteiger partial charge in [-0.15, -0.1) is 9.50 Å². The topological polar surface area (TPSA) is 125 Å². The van der Waals surface area contributed by atoms with Gasteiger partial charge >= 0.3 is 11.6 Å². The highest BCUT2D eigenvalue weighted by Crippen LogP contribution is 2.33. The van der Waals surface area contributed by atoms with Crippen molar-refractivity contribution in [3.05, 3.63) is 94.1 Å². The molecule has 9 nitrogen and oxygen atoms in total. The Balaban J connectivity index is 1.90. The number of nitrogen functional groups attached to an aromatic ring is 1. The molecule has 0 amide bonds. The van der Waals surface area contributed by atoms with E-state index in [2.05, 4.69) is 20.1 Å². The lowest BCUT2D eigenvalue weighted by Crippen LogP contribution is -2.28. The second-order valence-corrected chi connectivity index (χ2v) is 7.47. The van der Waals surface area contributed by atoms with Gasteiger partial charge in [0.25, 0.3) is 0 Å². The molecular formula is C24H21FN7O2+. The standard InChI is InChI=1S/C24H20FN7O2/c1-14-9-16(10-19(13-33)28-14)20-21(15-5-3-2-4-6-15)29-23(26)32-22(20)30-31(24(32)34)12-18-8-7-17(25)11-27-18/h2-11,33H,12-13H2,1H3,(H2,26,29)/p+1/i2D,3D,4D,5D,6D. The van der Waals surface area contributed by atoms with Gasteiger partial charge in [-0.2, -0.15) is 4.68 Å². The normalized spacial score (nSPS) is 13.3. The number of nitrogens with two attached hydrogens (primary N) is 1. The number of hydrogen-bond acceptors (Lipinski definition) is 6. The number of halogens is 1. The summed E-state index contributed by atoms with van der Waals surface area (Å²) in [6.45, 7) is 1.17. The summed E-state index contributed by atoms with van der Waals surface area (Å²) in [4.78, 5) is 24.5. The summed E-state index contributed by atoms with van der Waals surface area (Å²) in [5, 5.41) is 14.2. The summed E-state index contributed by atoms with van der Waals surface area (Å²) in [5.41, 5.74) is 7.16. The lowest BCUT2D eigenvalue weighted by Gasteiger charge is -2.10. The number of anilines is 1. The molecule has 5 aromatic rings. The van der Waals surface area contributed by atoms with Gasteiger partial charge in [-0.25, -0.2) is 14.2 Å². The highest BCUT2D eigenvalue weighted by molar-refractivity contribution is 5.88. The summed E-state index contributed by atoms with van der Waals surface area (Å²) >= 11 is 0. The Morgan fingerprint density at radius 1 is 1.18 bits per heavy atom. The number of H-pyrrole nitrogens is 1. The molecule has 34 heavy (non-hydrogen) atoms. The number of fused-ring (bicyclic) bond motifs is 1. The van der Waals surface area contributed by atoms with E-state index >= 15 is 0 Å². The summed E-state index contributed by atoms with van der Waals surface area (Å²) in [6, 6.07) is 3.11. The first-order valence-corrected chi connectivity index (χ1v) is 10.1. The number of pyridine rings is 2. The Morgan fingerprint density at radius 3 is 2.68 bits per heavy atom. The number of nitrogens with one attached hydrogen (secondary N) is 1. The van der Waals surface area contributed by atoms with Crippen molar-refractivity contribution < 1.29 is 21.3 Å². The highest BCUT2D eigenvalue weighted by Gasteiger charge is 2.26. The second kappa shape index (κ2) is 8.49. The molecule has 0 spiro atoms. The van der Waals surface area contributed by atoms with Gasteiger partial charge in [-0.05, 0) is 36.8 Å². The maximum absolute atomic E-state index is 13.4. The van der Waals surface area contributed by atoms with Crippen LogP contribution in [0.15, 0.2) is 65.5 Å². The largest absolute Gasteiger partial charge is 0.411 e. The fourth-order valence-corrected chi connectivity index (χ4v) is 3.70. The molecule has 4 N–H and O–H groups in total. The van der Waals surface area contributed by atoms with Crippen molar-refractivity contribution in [3.63, 3.8) is 0 Å². The number of hydrogen-bond donors (Lipinski definition) is 2. The van der Waals surface area contributed by atoms with Crippen LogP contribution in [-0.4, -0.2) is 29.3 Å². The molecule has 170 valence electrons. The van der Waals surface area contributed by atoms with Gasteiger partial charge in [0, 0.05) is 11.3 Å². The van der Waals surface area contributed by atoms with Crippen LogP contribution in [0.4, 0.5) is 10.3 Å². The molecule has 0 radical (unpaired) electrons. The molecule has 4 heterocycles. The van der Waals surface area contributed by atoms with Gasteiger partial charge in [0.1, 0.15) is 11.5 Å². The second-order valence-electron chi connectivity index (χ2n) is 7.47. The van der Waals surface area contributed by atoms with Crippen molar-refractivity contribution in [3.8, 4) is 22.4 Å². The third-order valence-corrected chi connectivity index (χ3v) is 5.11. The molecular weight excluding hydrogens is 437 g/mol. The van der Waals surface area contributed by atoms with Crippen molar-refractivity contribution in [1.82, 2.24) is 24.1 Å². The first kappa shape index (κ1) is 16.2. The van der Waals surface area contributed by atoms with Gasteiger partial charge in [0.15, 0.2) is 0 Å². The Kier molecular flexibility index (Phi) is 4.05. The van der Waals surface area contributed by atoms with Crippen molar-refractivity contribution in [1.29, 1.82) is 0 Å². The number of aromatic amines is 1. The average Bonchev–Trinajstić information content (AvgIpc) is 3.23. The predicted octanol–water partition coefficient (Wildman–Crippen LogP) is 2.00. The first-order valence-electron chi connectivity index (χ1n) is 12.6.